The minimum Gasteiger partial charge on any atom is -0.458 e. The fourth-order valence-corrected chi connectivity index (χ4v) is 3.02. The van der Waals surface area contributed by atoms with Gasteiger partial charge in [-0.3, -0.25) is 19.3 Å². The molecule has 4 atom stereocenters. The molecule has 0 amide bonds. The van der Waals surface area contributed by atoms with E-state index in [1.807, 2.05) is 0 Å². The third-order valence-corrected chi connectivity index (χ3v) is 3.87. The number of likely N-dealkylation sites (N-methyl/N-ethyl adjacent to an activating group) is 1. The zero-order valence-electron chi connectivity index (χ0n) is 13.0. The molecule has 1 saturated heterocycles. The van der Waals surface area contributed by atoms with Crippen molar-refractivity contribution >= 4 is 29.7 Å². The molecule has 0 aromatic heterocycles. The van der Waals surface area contributed by atoms with Gasteiger partial charge in [0.1, 0.15) is 5.44 Å². The molecule has 0 spiro atoms. The number of thioether (sulfide) groups is 1. The minimum absolute atomic E-state index is 0.0128. The van der Waals surface area contributed by atoms with Crippen LogP contribution in [0, 0.1) is 0 Å². The molecule has 0 aromatic carbocycles. The minimum atomic E-state index is -1.10. The van der Waals surface area contributed by atoms with E-state index in [0.717, 1.165) is 11.8 Å². The van der Waals surface area contributed by atoms with Crippen LogP contribution >= 0.6 is 11.8 Å². The van der Waals surface area contributed by atoms with Gasteiger partial charge in [-0.25, -0.2) is 0 Å². The second-order valence-electron chi connectivity index (χ2n) is 5.14. The number of hydrogen-bond donors (Lipinski definition) is 1. The van der Waals surface area contributed by atoms with Gasteiger partial charge in [-0.1, -0.05) is 0 Å². The van der Waals surface area contributed by atoms with Gasteiger partial charge in [0.15, 0.2) is 18.3 Å². The van der Waals surface area contributed by atoms with Crippen molar-refractivity contribution in [2.45, 2.75) is 37.6 Å². The van der Waals surface area contributed by atoms with Crippen LogP contribution in [0.25, 0.3) is 0 Å². The third kappa shape index (κ3) is 5.82. The average Bonchev–Trinajstić information content (AvgIpc) is 2.35. The smallest absolute Gasteiger partial charge is 0.320 e. The lowest BCUT2D eigenvalue weighted by molar-refractivity contribution is -0.188. The van der Waals surface area contributed by atoms with E-state index in [9.17, 15) is 19.5 Å². The van der Waals surface area contributed by atoms with E-state index in [4.69, 9.17) is 14.2 Å². The molecular formula is C13H21NO7S. The van der Waals surface area contributed by atoms with Gasteiger partial charge < -0.3 is 19.3 Å². The van der Waals surface area contributed by atoms with Crippen LogP contribution in [0.1, 0.15) is 13.8 Å². The van der Waals surface area contributed by atoms with Gasteiger partial charge in [0.25, 0.3) is 0 Å². The van der Waals surface area contributed by atoms with Gasteiger partial charge in [0.05, 0.1) is 6.54 Å². The molecule has 0 unspecified atom stereocenters. The Morgan fingerprint density at radius 1 is 1.09 bits per heavy atom. The number of aliphatic hydroxyl groups is 1. The Kier molecular flexibility index (Phi) is 7.11. The SMILES string of the molecule is CC(=O)O[C@@H]1[C@@H](OC(=O)CN(C)C)[C@H](O)SC[C@H]1OC(C)=O. The summed E-state index contributed by atoms with van der Waals surface area (Å²) in [6.07, 6.45) is -2.92. The number of nitrogens with zero attached hydrogens (tertiary/aromatic N) is 1. The number of carbonyl (C=O) groups is 3. The van der Waals surface area contributed by atoms with Crippen molar-refractivity contribution < 1.29 is 33.7 Å². The van der Waals surface area contributed by atoms with E-state index in [-0.39, 0.29) is 12.3 Å². The molecule has 126 valence electrons. The molecule has 0 aliphatic carbocycles. The Labute approximate surface area is 133 Å². The maximum absolute atomic E-state index is 11.8. The van der Waals surface area contributed by atoms with Gasteiger partial charge in [-0.15, -0.1) is 11.8 Å². The maximum Gasteiger partial charge on any atom is 0.320 e. The summed E-state index contributed by atoms with van der Waals surface area (Å²) >= 11 is 1.06. The van der Waals surface area contributed by atoms with Crippen LogP contribution < -0.4 is 0 Å². The molecule has 1 aliphatic heterocycles. The molecule has 1 fully saturated rings. The van der Waals surface area contributed by atoms with Crippen LogP contribution in [0.2, 0.25) is 0 Å². The summed E-state index contributed by atoms with van der Waals surface area (Å²) in [4.78, 5) is 35.8. The second kappa shape index (κ2) is 8.35. The Morgan fingerprint density at radius 2 is 1.68 bits per heavy atom. The van der Waals surface area contributed by atoms with Crippen LogP contribution in [-0.2, 0) is 28.6 Å². The van der Waals surface area contributed by atoms with Crippen LogP contribution in [0.5, 0.6) is 0 Å². The number of esters is 3. The second-order valence-corrected chi connectivity index (χ2v) is 6.29. The first-order valence-corrected chi connectivity index (χ1v) is 7.74. The van der Waals surface area contributed by atoms with Gasteiger partial charge in [0, 0.05) is 19.6 Å². The molecular weight excluding hydrogens is 314 g/mol. The summed E-state index contributed by atoms with van der Waals surface area (Å²) in [7, 11) is 3.39. The predicted molar refractivity (Wildman–Crippen MR) is 78.0 cm³/mol. The number of carbonyl (C=O) groups excluding carboxylic acids is 3. The topological polar surface area (TPSA) is 102 Å². The molecule has 0 radical (unpaired) electrons. The Hall–Kier alpha value is -1.32. The van der Waals surface area contributed by atoms with Gasteiger partial charge in [-0.05, 0) is 14.1 Å². The average molecular weight is 335 g/mol. The van der Waals surface area contributed by atoms with Crippen LogP contribution in [0.3, 0.4) is 0 Å². The normalized spacial score (nSPS) is 28.1. The molecule has 1 N–H and O–H groups in total. The molecule has 0 bridgehead atoms. The highest BCUT2D eigenvalue weighted by molar-refractivity contribution is 7.99. The van der Waals surface area contributed by atoms with Crippen molar-refractivity contribution in [3.05, 3.63) is 0 Å². The summed E-state index contributed by atoms with van der Waals surface area (Å²) < 4.78 is 15.4. The highest BCUT2D eigenvalue weighted by Crippen LogP contribution is 2.31. The summed E-state index contributed by atoms with van der Waals surface area (Å²) in [5, 5.41) is 10.0. The number of aliphatic hydroxyl groups excluding tert-OH is 1. The van der Waals surface area contributed by atoms with Crippen molar-refractivity contribution in [1.29, 1.82) is 0 Å². The molecule has 1 rings (SSSR count). The maximum atomic E-state index is 11.8. The van der Waals surface area contributed by atoms with Crippen molar-refractivity contribution in [3.8, 4) is 0 Å². The molecule has 9 heteroatoms. The van der Waals surface area contributed by atoms with Crippen molar-refractivity contribution in [2.75, 3.05) is 26.4 Å². The van der Waals surface area contributed by atoms with Crippen molar-refractivity contribution in [1.82, 2.24) is 4.90 Å². The largest absolute Gasteiger partial charge is 0.458 e. The first kappa shape index (κ1) is 18.7. The lowest BCUT2D eigenvalue weighted by Gasteiger charge is -2.38. The molecule has 0 saturated carbocycles. The van der Waals surface area contributed by atoms with E-state index < -0.39 is 41.7 Å². The number of hydrogen-bond acceptors (Lipinski definition) is 9. The lowest BCUT2D eigenvalue weighted by atomic mass is 10.1. The van der Waals surface area contributed by atoms with E-state index in [1.54, 1.807) is 19.0 Å². The monoisotopic (exact) mass is 335 g/mol. The van der Waals surface area contributed by atoms with Crippen molar-refractivity contribution in [3.63, 3.8) is 0 Å². The Morgan fingerprint density at radius 3 is 2.18 bits per heavy atom. The van der Waals surface area contributed by atoms with Crippen molar-refractivity contribution in [2.24, 2.45) is 0 Å². The standard InChI is InChI=1S/C13H21NO7S/c1-7(15)19-9-6-22-13(18)12(11(9)20-8(2)16)21-10(17)5-14(3)4/h9,11-13,18H,5-6H2,1-4H3/t9-,11+,12-,13-/m1/s1. The zero-order chi connectivity index (χ0) is 16.9. The predicted octanol–water partition coefficient (Wildman–Crippen LogP) is -0.612. The summed E-state index contributed by atoms with van der Waals surface area (Å²) in [5.41, 5.74) is -1.07. The van der Waals surface area contributed by atoms with Crippen LogP contribution in [0.4, 0.5) is 0 Å². The van der Waals surface area contributed by atoms with Gasteiger partial charge in [-0.2, -0.15) is 0 Å². The highest BCUT2D eigenvalue weighted by Gasteiger charge is 2.46. The molecule has 8 nitrogen and oxygen atoms in total. The quantitative estimate of drug-likeness (QED) is 0.520. The molecule has 0 aromatic rings. The molecule has 1 heterocycles. The number of rotatable bonds is 5. The van der Waals surface area contributed by atoms with Gasteiger partial charge >= 0.3 is 17.9 Å². The van der Waals surface area contributed by atoms with E-state index in [0.29, 0.717) is 0 Å². The molecule has 1 aliphatic rings. The fourth-order valence-electron chi connectivity index (χ4n) is 1.98. The zero-order valence-corrected chi connectivity index (χ0v) is 13.8. The first-order valence-electron chi connectivity index (χ1n) is 6.69. The van der Waals surface area contributed by atoms with Crippen LogP contribution in [0.15, 0.2) is 0 Å². The Balaban J connectivity index is 2.87. The Bertz CT molecular complexity index is 429. The fraction of sp³-hybridized carbons (Fsp3) is 0.769. The summed E-state index contributed by atoms with van der Waals surface area (Å²) in [6, 6.07) is 0. The van der Waals surface area contributed by atoms with Gasteiger partial charge in [0.2, 0.25) is 0 Å². The molecule has 22 heavy (non-hydrogen) atoms. The lowest BCUT2D eigenvalue weighted by Crippen LogP contribution is -2.54. The van der Waals surface area contributed by atoms with E-state index in [2.05, 4.69) is 0 Å². The highest BCUT2D eigenvalue weighted by atomic mass is 32.2. The summed E-state index contributed by atoms with van der Waals surface area (Å²) in [5.74, 6) is -1.50. The van der Waals surface area contributed by atoms with E-state index in [1.165, 1.54) is 13.8 Å². The number of ether oxygens (including phenoxy) is 3. The first-order chi connectivity index (χ1) is 10.2. The summed E-state index contributed by atoms with van der Waals surface area (Å²) in [6.45, 7) is 2.43. The van der Waals surface area contributed by atoms with Crippen LogP contribution in [-0.4, -0.2) is 78.1 Å². The third-order valence-electron chi connectivity index (χ3n) is 2.73. The van der Waals surface area contributed by atoms with E-state index >= 15 is 0 Å².